The topological polar surface area (TPSA) is 46.8 Å². The molecule has 0 amide bonds. The Balaban J connectivity index is 1.57. The molecule has 0 spiro atoms. The second-order valence-corrected chi connectivity index (χ2v) is 7.03. The Kier molecular flexibility index (Phi) is 5.61. The molecule has 0 radical (unpaired) electrons. The van der Waals surface area contributed by atoms with Crippen molar-refractivity contribution in [2.45, 2.75) is 71.5 Å². The molecule has 2 heterocycles. The van der Waals surface area contributed by atoms with Gasteiger partial charge in [-0.3, -0.25) is 9.58 Å². The van der Waals surface area contributed by atoms with Crippen molar-refractivity contribution in [2.24, 2.45) is 0 Å². The van der Waals surface area contributed by atoms with E-state index in [-0.39, 0.29) is 0 Å². The van der Waals surface area contributed by atoms with Gasteiger partial charge in [-0.1, -0.05) is 19.3 Å². The van der Waals surface area contributed by atoms with Crippen LogP contribution in [-0.4, -0.2) is 31.7 Å². The molecule has 0 aliphatic heterocycles. The van der Waals surface area contributed by atoms with Crippen molar-refractivity contribution >= 4 is 0 Å². The maximum atomic E-state index is 4.64. The molecule has 24 heavy (non-hydrogen) atoms. The first kappa shape index (κ1) is 17.1. The Morgan fingerprint density at radius 3 is 2.42 bits per heavy atom. The zero-order valence-corrected chi connectivity index (χ0v) is 15.2. The molecule has 0 bridgehead atoms. The lowest BCUT2D eigenvalue weighted by Crippen LogP contribution is -2.18. The molecule has 2 aromatic heterocycles. The number of hydrogen-bond donors (Lipinski definition) is 0. The van der Waals surface area contributed by atoms with Crippen LogP contribution in [0.3, 0.4) is 0 Å². The monoisotopic (exact) mass is 327 g/mol. The minimum atomic E-state index is 0.577. The summed E-state index contributed by atoms with van der Waals surface area (Å²) < 4.78 is 2.05. The van der Waals surface area contributed by atoms with E-state index in [0.717, 1.165) is 25.5 Å². The third-order valence-corrected chi connectivity index (χ3v) is 5.09. The molecule has 0 aromatic carbocycles. The van der Waals surface area contributed by atoms with Gasteiger partial charge in [0.1, 0.15) is 5.82 Å². The molecule has 1 aliphatic rings. The summed E-state index contributed by atoms with van der Waals surface area (Å²) in [6.07, 6.45) is 12.5. The van der Waals surface area contributed by atoms with Gasteiger partial charge in [0.2, 0.25) is 0 Å². The number of aryl methyl sites for hydroxylation is 1. The fourth-order valence-corrected chi connectivity index (χ4v) is 3.64. The first-order valence-corrected chi connectivity index (χ1v) is 9.18. The van der Waals surface area contributed by atoms with Crippen LogP contribution in [0.1, 0.15) is 67.6 Å². The van der Waals surface area contributed by atoms with Gasteiger partial charge in [0.25, 0.3) is 0 Å². The van der Waals surface area contributed by atoms with Gasteiger partial charge < -0.3 is 0 Å². The molecule has 1 aliphatic carbocycles. The lowest BCUT2D eigenvalue weighted by atomic mass is 9.89. The normalized spacial score (nSPS) is 16.0. The van der Waals surface area contributed by atoms with Crippen molar-refractivity contribution in [1.82, 2.24) is 24.6 Å². The van der Waals surface area contributed by atoms with E-state index in [9.17, 15) is 0 Å². The number of nitrogens with zero attached hydrogens (tertiary/aromatic N) is 5. The Labute approximate surface area is 145 Å². The van der Waals surface area contributed by atoms with E-state index in [2.05, 4.69) is 40.9 Å². The number of rotatable bonds is 6. The van der Waals surface area contributed by atoms with Crippen LogP contribution in [0.25, 0.3) is 0 Å². The molecular weight excluding hydrogens is 298 g/mol. The highest BCUT2D eigenvalue weighted by Gasteiger charge is 2.18. The van der Waals surface area contributed by atoms with Gasteiger partial charge in [-0.25, -0.2) is 9.97 Å². The zero-order chi connectivity index (χ0) is 16.9. The van der Waals surface area contributed by atoms with Crippen molar-refractivity contribution < 1.29 is 0 Å². The van der Waals surface area contributed by atoms with E-state index in [0.29, 0.717) is 5.92 Å². The minimum Gasteiger partial charge on any atom is -0.298 e. The Morgan fingerprint density at radius 1 is 1.08 bits per heavy atom. The molecule has 0 atom stereocenters. The van der Waals surface area contributed by atoms with E-state index in [1.165, 1.54) is 48.9 Å². The lowest BCUT2D eigenvalue weighted by Gasteiger charge is -2.20. The Morgan fingerprint density at radius 2 is 1.79 bits per heavy atom. The Bertz CT molecular complexity index is 640. The van der Waals surface area contributed by atoms with Gasteiger partial charge in [-0.05, 0) is 33.7 Å². The fraction of sp³-hybridized carbons (Fsp3) is 0.632. The molecule has 5 heteroatoms. The molecule has 3 rings (SSSR count). The molecule has 1 saturated carbocycles. The van der Waals surface area contributed by atoms with E-state index in [4.69, 9.17) is 0 Å². The first-order valence-electron chi connectivity index (χ1n) is 9.18. The average Bonchev–Trinajstić information content (AvgIpc) is 2.96. The number of aromatic nitrogens is 4. The fourth-order valence-electron chi connectivity index (χ4n) is 3.64. The SMILES string of the molecule is CCn1ncc(CN(C)Cc2cnc(C3CCCCC3)nc2)c1C. The predicted octanol–water partition coefficient (Wildman–Crippen LogP) is 3.68. The van der Waals surface area contributed by atoms with Crippen LogP contribution in [0, 0.1) is 6.92 Å². The van der Waals surface area contributed by atoms with Gasteiger partial charge >= 0.3 is 0 Å². The molecular formula is C19H29N5. The van der Waals surface area contributed by atoms with Crippen molar-refractivity contribution in [2.75, 3.05) is 7.05 Å². The third kappa shape index (κ3) is 4.01. The Hall–Kier alpha value is -1.75. The van der Waals surface area contributed by atoms with Crippen LogP contribution in [0.2, 0.25) is 0 Å². The average molecular weight is 327 g/mol. The molecule has 130 valence electrons. The van der Waals surface area contributed by atoms with Crippen LogP contribution in [0.4, 0.5) is 0 Å². The summed E-state index contributed by atoms with van der Waals surface area (Å²) >= 11 is 0. The van der Waals surface area contributed by atoms with Gasteiger partial charge in [0, 0.05) is 54.8 Å². The quantitative estimate of drug-likeness (QED) is 0.812. The van der Waals surface area contributed by atoms with Crippen LogP contribution >= 0.6 is 0 Å². The van der Waals surface area contributed by atoms with Crippen molar-refractivity contribution in [3.63, 3.8) is 0 Å². The highest BCUT2D eigenvalue weighted by Crippen LogP contribution is 2.30. The summed E-state index contributed by atoms with van der Waals surface area (Å²) in [5.41, 5.74) is 3.73. The predicted molar refractivity (Wildman–Crippen MR) is 95.7 cm³/mol. The molecule has 5 nitrogen and oxygen atoms in total. The summed E-state index contributed by atoms with van der Waals surface area (Å²) in [7, 11) is 2.14. The highest BCUT2D eigenvalue weighted by molar-refractivity contribution is 5.16. The molecule has 2 aromatic rings. The van der Waals surface area contributed by atoms with E-state index in [1.807, 2.05) is 23.3 Å². The van der Waals surface area contributed by atoms with E-state index < -0.39 is 0 Å². The summed E-state index contributed by atoms with van der Waals surface area (Å²) in [6.45, 7) is 6.95. The maximum absolute atomic E-state index is 4.64. The van der Waals surface area contributed by atoms with Gasteiger partial charge in [0.15, 0.2) is 0 Å². The molecule has 0 N–H and O–H groups in total. The van der Waals surface area contributed by atoms with Crippen molar-refractivity contribution in [3.8, 4) is 0 Å². The van der Waals surface area contributed by atoms with Crippen LogP contribution < -0.4 is 0 Å². The first-order chi connectivity index (χ1) is 11.7. The molecule has 1 fully saturated rings. The largest absolute Gasteiger partial charge is 0.298 e. The zero-order valence-electron chi connectivity index (χ0n) is 15.2. The second kappa shape index (κ2) is 7.88. The van der Waals surface area contributed by atoms with Crippen molar-refractivity contribution in [3.05, 3.63) is 41.2 Å². The van der Waals surface area contributed by atoms with Crippen molar-refractivity contribution in [1.29, 1.82) is 0 Å². The second-order valence-electron chi connectivity index (χ2n) is 7.03. The van der Waals surface area contributed by atoms with E-state index >= 15 is 0 Å². The van der Waals surface area contributed by atoms with Gasteiger partial charge in [-0.15, -0.1) is 0 Å². The standard InChI is InChI=1S/C19H29N5/c1-4-24-15(2)18(12-22-24)14-23(3)13-16-10-20-19(21-11-16)17-8-6-5-7-9-17/h10-12,17H,4-9,13-14H2,1-3H3. The molecule has 0 saturated heterocycles. The summed E-state index contributed by atoms with van der Waals surface area (Å²) in [6, 6.07) is 0. The summed E-state index contributed by atoms with van der Waals surface area (Å²) in [5, 5.41) is 4.42. The smallest absolute Gasteiger partial charge is 0.131 e. The molecule has 0 unspecified atom stereocenters. The minimum absolute atomic E-state index is 0.577. The summed E-state index contributed by atoms with van der Waals surface area (Å²) in [5.74, 6) is 1.62. The maximum Gasteiger partial charge on any atom is 0.131 e. The van der Waals surface area contributed by atoms with Crippen LogP contribution in [0.5, 0.6) is 0 Å². The third-order valence-electron chi connectivity index (χ3n) is 5.09. The van der Waals surface area contributed by atoms with Gasteiger partial charge in [-0.2, -0.15) is 5.10 Å². The summed E-state index contributed by atoms with van der Waals surface area (Å²) in [4.78, 5) is 11.6. The van der Waals surface area contributed by atoms with Crippen LogP contribution in [0.15, 0.2) is 18.6 Å². The highest BCUT2D eigenvalue weighted by atomic mass is 15.3. The van der Waals surface area contributed by atoms with E-state index in [1.54, 1.807) is 0 Å². The van der Waals surface area contributed by atoms with Crippen LogP contribution in [-0.2, 0) is 19.6 Å². The lowest BCUT2D eigenvalue weighted by molar-refractivity contribution is 0.317. The number of hydrogen-bond acceptors (Lipinski definition) is 4. The van der Waals surface area contributed by atoms with Gasteiger partial charge in [0.05, 0.1) is 6.20 Å².